The average molecular weight is 482 g/mol. The fourth-order valence-corrected chi connectivity index (χ4v) is 4.53. The van der Waals surface area contributed by atoms with Crippen LogP contribution in [0.1, 0.15) is 48.0 Å². The van der Waals surface area contributed by atoms with Crippen LogP contribution in [-0.4, -0.2) is 47.4 Å². The summed E-state index contributed by atoms with van der Waals surface area (Å²) in [4.78, 5) is 24.8. The van der Waals surface area contributed by atoms with E-state index in [0.717, 1.165) is 30.5 Å². The minimum Gasteiger partial charge on any atom is -0.383 e. The van der Waals surface area contributed by atoms with Gasteiger partial charge in [0.2, 0.25) is 0 Å². The zero-order valence-corrected chi connectivity index (χ0v) is 20.7. The van der Waals surface area contributed by atoms with Crippen LogP contribution in [0.3, 0.4) is 0 Å². The topological polar surface area (TPSA) is 101 Å². The van der Waals surface area contributed by atoms with Gasteiger partial charge in [-0.1, -0.05) is 35.9 Å². The molecular weight excluding hydrogens is 450 g/mol. The molecule has 8 nitrogen and oxygen atoms in total. The van der Waals surface area contributed by atoms with Crippen molar-refractivity contribution in [1.29, 1.82) is 0 Å². The normalized spacial score (nSPS) is 13.9. The minimum atomic E-state index is -0.261. The van der Waals surface area contributed by atoms with E-state index in [4.69, 9.17) is 15.7 Å². The minimum absolute atomic E-state index is 0.218. The molecule has 8 heteroatoms. The first-order chi connectivity index (χ1) is 17.5. The highest BCUT2D eigenvalue weighted by atomic mass is 16.1. The highest BCUT2D eigenvalue weighted by Gasteiger charge is 2.24. The molecule has 0 saturated heterocycles. The van der Waals surface area contributed by atoms with E-state index in [2.05, 4.69) is 16.5 Å². The van der Waals surface area contributed by atoms with Gasteiger partial charge in [0.25, 0.3) is 5.91 Å². The van der Waals surface area contributed by atoms with E-state index in [1.807, 2.05) is 67.5 Å². The van der Waals surface area contributed by atoms with Crippen molar-refractivity contribution in [2.24, 2.45) is 5.10 Å². The number of nitrogen functional groups attached to an aromatic ring is 1. The van der Waals surface area contributed by atoms with Gasteiger partial charge in [0.1, 0.15) is 16.9 Å². The number of hydrogen-bond donors (Lipinski definition) is 2. The van der Waals surface area contributed by atoms with Crippen molar-refractivity contribution >= 4 is 45.8 Å². The van der Waals surface area contributed by atoms with Gasteiger partial charge in [0, 0.05) is 26.3 Å². The first kappa shape index (κ1) is 23.5. The maximum atomic E-state index is 13.3. The number of carbonyl (C=O) groups excluding carboxylic acids is 1. The Labute approximate surface area is 210 Å². The molecule has 4 aromatic rings. The Morgan fingerprint density at radius 3 is 2.56 bits per heavy atom. The van der Waals surface area contributed by atoms with Crippen LogP contribution in [0.2, 0.25) is 0 Å². The third-order valence-corrected chi connectivity index (χ3v) is 6.55. The zero-order valence-electron chi connectivity index (χ0n) is 20.7. The molecule has 2 aromatic heterocycles. The monoisotopic (exact) mass is 481 g/mol. The highest BCUT2D eigenvalue weighted by Crippen LogP contribution is 2.28. The summed E-state index contributed by atoms with van der Waals surface area (Å²) >= 11 is 0. The van der Waals surface area contributed by atoms with Gasteiger partial charge >= 0.3 is 0 Å². The average Bonchev–Trinajstić information content (AvgIpc) is 3.16. The third-order valence-electron chi connectivity index (χ3n) is 6.55. The Morgan fingerprint density at radius 2 is 1.86 bits per heavy atom. The van der Waals surface area contributed by atoms with Gasteiger partial charge in [-0.05, 0) is 61.9 Å². The van der Waals surface area contributed by atoms with Crippen LogP contribution in [-0.2, 0) is 0 Å². The van der Waals surface area contributed by atoms with Crippen molar-refractivity contribution in [1.82, 2.24) is 20.0 Å². The number of nitrogens with two attached hydrogens (primary N) is 1. The molecule has 184 valence electrons. The molecule has 2 heterocycles. The van der Waals surface area contributed by atoms with Crippen molar-refractivity contribution < 1.29 is 4.79 Å². The number of benzene rings is 2. The number of aromatic nitrogens is 3. The smallest absolute Gasteiger partial charge is 0.257 e. The summed E-state index contributed by atoms with van der Waals surface area (Å²) in [5, 5.41) is 7.64. The van der Waals surface area contributed by atoms with Gasteiger partial charge in [-0.15, -0.1) is 0 Å². The van der Waals surface area contributed by atoms with Gasteiger partial charge < -0.3 is 16.0 Å². The summed E-state index contributed by atoms with van der Waals surface area (Å²) in [5.74, 6) is -0.0429. The Kier molecular flexibility index (Phi) is 6.66. The Balaban J connectivity index is 1.49. The molecule has 2 aromatic carbocycles. The van der Waals surface area contributed by atoms with E-state index in [9.17, 15) is 4.79 Å². The number of amides is 1. The number of rotatable bonds is 7. The van der Waals surface area contributed by atoms with E-state index < -0.39 is 0 Å². The molecule has 0 unspecified atom stereocenters. The van der Waals surface area contributed by atoms with Gasteiger partial charge in [0.05, 0.1) is 17.2 Å². The predicted molar refractivity (Wildman–Crippen MR) is 147 cm³/mol. The summed E-state index contributed by atoms with van der Waals surface area (Å²) in [6.45, 7) is 0.555. The summed E-state index contributed by atoms with van der Waals surface area (Å²) in [5.41, 5.74) is 12.5. The lowest BCUT2D eigenvalue weighted by molar-refractivity contribution is 0.0956. The largest absolute Gasteiger partial charge is 0.383 e. The van der Waals surface area contributed by atoms with E-state index in [0.29, 0.717) is 34.3 Å². The summed E-state index contributed by atoms with van der Waals surface area (Å²) in [6, 6.07) is 15.6. The molecule has 0 radical (unpaired) electrons. The van der Waals surface area contributed by atoms with Crippen LogP contribution in [0.4, 0.5) is 11.5 Å². The number of anilines is 2. The number of fused-ring (bicyclic) bond motifs is 2. The van der Waals surface area contributed by atoms with Crippen LogP contribution in [0, 0.1) is 0 Å². The van der Waals surface area contributed by atoms with E-state index in [-0.39, 0.29) is 11.7 Å². The molecule has 36 heavy (non-hydrogen) atoms. The third kappa shape index (κ3) is 4.79. The molecule has 5 rings (SSSR count). The van der Waals surface area contributed by atoms with Crippen molar-refractivity contribution in [3.8, 4) is 0 Å². The second kappa shape index (κ2) is 10.2. The second-order valence-electron chi connectivity index (χ2n) is 9.30. The van der Waals surface area contributed by atoms with Crippen molar-refractivity contribution in [2.45, 2.75) is 32.1 Å². The van der Waals surface area contributed by atoms with Crippen LogP contribution in [0.25, 0.3) is 22.2 Å². The fraction of sp³-hybridized carbons (Fsp3) is 0.286. The Hall–Kier alpha value is -4.20. The Morgan fingerprint density at radius 1 is 1.11 bits per heavy atom. The standard InChI is InChI=1S/C28H31N7O/c1-34(2)21-14-12-20(13-15-21)18-31-35-26(29)24(28(36)30-17-16-19-8-4-3-5-9-19)25-27(35)33-23-11-7-6-10-22(23)32-25/h6-8,10-15,18H,3-5,9,16-17,29H2,1-2H3,(H,30,36)/b31-18+. The van der Waals surface area contributed by atoms with Crippen LogP contribution in [0.5, 0.6) is 0 Å². The van der Waals surface area contributed by atoms with Crippen molar-refractivity contribution in [3.63, 3.8) is 0 Å². The summed E-state index contributed by atoms with van der Waals surface area (Å²) in [7, 11) is 3.99. The van der Waals surface area contributed by atoms with Crippen LogP contribution < -0.4 is 16.0 Å². The molecule has 0 spiro atoms. The molecule has 0 fully saturated rings. The van der Waals surface area contributed by atoms with E-state index in [1.165, 1.54) is 23.1 Å². The van der Waals surface area contributed by atoms with Gasteiger partial charge in [0.15, 0.2) is 5.65 Å². The molecule has 0 atom stereocenters. The second-order valence-corrected chi connectivity index (χ2v) is 9.30. The highest BCUT2D eigenvalue weighted by molar-refractivity contribution is 6.10. The molecule has 0 aliphatic heterocycles. The molecule has 3 N–H and O–H groups in total. The van der Waals surface area contributed by atoms with E-state index >= 15 is 0 Å². The van der Waals surface area contributed by atoms with Crippen LogP contribution >= 0.6 is 0 Å². The lowest BCUT2D eigenvalue weighted by Gasteiger charge is -2.13. The zero-order chi connectivity index (χ0) is 25.1. The van der Waals surface area contributed by atoms with Crippen molar-refractivity contribution in [2.75, 3.05) is 31.3 Å². The number of nitrogens with one attached hydrogen (secondary N) is 1. The number of allylic oxidation sites excluding steroid dienone is 1. The first-order valence-corrected chi connectivity index (χ1v) is 12.4. The molecule has 0 bridgehead atoms. The lowest BCUT2D eigenvalue weighted by atomic mass is 9.97. The summed E-state index contributed by atoms with van der Waals surface area (Å²) < 4.78 is 1.51. The first-order valence-electron chi connectivity index (χ1n) is 12.4. The molecule has 0 saturated carbocycles. The number of carbonyl (C=O) groups is 1. The summed E-state index contributed by atoms with van der Waals surface area (Å²) in [6.07, 6.45) is 9.56. The quantitative estimate of drug-likeness (QED) is 0.293. The number of para-hydroxylation sites is 2. The van der Waals surface area contributed by atoms with Crippen molar-refractivity contribution in [3.05, 3.63) is 71.3 Å². The maximum Gasteiger partial charge on any atom is 0.257 e. The fourth-order valence-electron chi connectivity index (χ4n) is 4.53. The molecular formula is C28H31N7O. The van der Waals surface area contributed by atoms with Gasteiger partial charge in [-0.2, -0.15) is 9.78 Å². The number of hydrogen-bond acceptors (Lipinski definition) is 6. The lowest BCUT2D eigenvalue weighted by Crippen LogP contribution is -2.25. The van der Waals surface area contributed by atoms with Gasteiger partial charge in [-0.3, -0.25) is 4.79 Å². The van der Waals surface area contributed by atoms with E-state index in [1.54, 1.807) is 6.21 Å². The van der Waals surface area contributed by atoms with Crippen LogP contribution in [0.15, 0.2) is 65.3 Å². The molecule has 1 amide bonds. The number of nitrogens with zero attached hydrogens (tertiary/aromatic N) is 5. The SMILES string of the molecule is CN(C)c1ccc(/C=N/n2c(N)c(C(=O)NCCC3=CCCCC3)c3nc4ccccc4nc32)cc1. The molecule has 1 aliphatic rings. The predicted octanol–water partition coefficient (Wildman–Crippen LogP) is 4.74. The maximum absolute atomic E-state index is 13.3. The molecule has 1 aliphatic carbocycles. The Bertz CT molecular complexity index is 1470. The van der Waals surface area contributed by atoms with Gasteiger partial charge in [-0.25, -0.2) is 9.97 Å².